The number of benzene rings is 2. The minimum Gasteiger partial charge on any atom is -0.451 e. The minimum absolute atomic E-state index is 0.133. The van der Waals surface area contributed by atoms with Gasteiger partial charge in [0.15, 0.2) is 5.76 Å². The van der Waals surface area contributed by atoms with E-state index < -0.39 is 15.9 Å². The van der Waals surface area contributed by atoms with E-state index in [1.165, 1.54) is 10.4 Å². The lowest BCUT2D eigenvalue weighted by Crippen LogP contribution is -2.30. The van der Waals surface area contributed by atoms with Gasteiger partial charge in [0.1, 0.15) is 5.58 Å². The second kappa shape index (κ2) is 8.18. The second-order valence-corrected chi connectivity index (χ2v) is 9.07. The van der Waals surface area contributed by atoms with Crippen LogP contribution in [0, 0.1) is 13.8 Å². The zero-order chi connectivity index (χ0) is 21.3. The van der Waals surface area contributed by atoms with Crippen LogP contribution < -0.4 is 5.32 Å². The van der Waals surface area contributed by atoms with Gasteiger partial charge >= 0.3 is 0 Å². The summed E-state index contributed by atoms with van der Waals surface area (Å²) in [4.78, 5) is 12.9. The van der Waals surface area contributed by atoms with Crippen LogP contribution in [0.25, 0.3) is 11.0 Å². The third kappa shape index (κ3) is 4.03. The Morgan fingerprint density at radius 3 is 2.41 bits per heavy atom. The standard InChI is InChI=1S/C21H23ClN2O4S/c1-5-24(6-2)29(26,27)16-9-10-19-17(12-16)14(4)20(28-19)21(25)23-15-8-7-13(3)18(22)11-15/h7-12H,5-6H2,1-4H3,(H,23,25). The summed E-state index contributed by atoms with van der Waals surface area (Å²) in [5, 5.41) is 3.91. The van der Waals surface area contributed by atoms with Crippen LogP contribution in [-0.4, -0.2) is 31.7 Å². The molecule has 3 rings (SSSR count). The molecule has 0 aliphatic heterocycles. The average Bonchev–Trinajstić information content (AvgIpc) is 3.02. The van der Waals surface area contributed by atoms with Gasteiger partial charge in [0.2, 0.25) is 10.0 Å². The molecule has 0 unspecified atom stereocenters. The number of halogens is 1. The van der Waals surface area contributed by atoms with E-state index >= 15 is 0 Å². The molecule has 1 amide bonds. The molecule has 1 N–H and O–H groups in total. The van der Waals surface area contributed by atoms with Gasteiger partial charge < -0.3 is 9.73 Å². The number of carbonyl (C=O) groups is 1. The van der Waals surface area contributed by atoms with Crippen molar-refractivity contribution in [2.45, 2.75) is 32.6 Å². The Kier molecular flexibility index (Phi) is 6.03. The molecular weight excluding hydrogens is 412 g/mol. The Morgan fingerprint density at radius 1 is 1.10 bits per heavy atom. The first kappa shape index (κ1) is 21.4. The lowest BCUT2D eigenvalue weighted by molar-refractivity contribution is 0.0998. The van der Waals surface area contributed by atoms with Crippen molar-refractivity contribution in [2.24, 2.45) is 0 Å². The molecule has 154 valence electrons. The summed E-state index contributed by atoms with van der Waals surface area (Å²) in [6, 6.07) is 9.88. The van der Waals surface area contributed by atoms with Gasteiger partial charge in [-0.05, 0) is 49.7 Å². The van der Waals surface area contributed by atoms with E-state index in [4.69, 9.17) is 16.0 Å². The van der Waals surface area contributed by atoms with Gasteiger partial charge in [0, 0.05) is 34.7 Å². The molecule has 8 heteroatoms. The smallest absolute Gasteiger partial charge is 0.291 e. The molecule has 0 bridgehead atoms. The highest BCUT2D eigenvalue weighted by Crippen LogP contribution is 2.30. The van der Waals surface area contributed by atoms with Gasteiger partial charge in [-0.3, -0.25) is 4.79 Å². The molecule has 0 saturated heterocycles. The van der Waals surface area contributed by atoms with Crippen LogP contribution in [0.2, 0.25) is 5.02 Å². The molecule has 0 fully saturated rings. The van der Waals surface area contributed by atoms with Crippen LogP contribution in [0.5, 0.6) is 0 Å². The molecule has 0 saturated carbocycles. The number of furan rings is 1. The topological polar surface area (TPSA) is 79.6 Å². The lowest BCUT2D eigenvalue weighted by atomic mass is 10.1. The molecule has 1 heterocycles. The molecule has 6 nitrogen and oxygen atoms in total. The first-order valence-electron chi connectivity index (χ1n) is 9.29. The van der Waals surface area contributed by atoms with Crippen molar-refractivity contribution in [3.05, 3.63) is 58.3 Å². The monoisotopic (exact) mass is 434 g/mol. The van der Waals surface area contributed by atoms with Gasteiger partial charge in [-0.25, -0.2) is 8.42 Å². The van der Waals surface area contributed by atoms with E-state index in [0.29, 0.717) is 40.3 Å². The summed E-state index contributed by atoms with van der Waals surface area (Å²) in [7, 11) is -3.60. The SMILES string of the molecule is CCN(CC)S(=O)(=O)c1ccc2oc(C(=O)Nc3ccc(C)c(Cl)c3)c(C)c2c1. The van der Waals surface area contributed by atoms with E-state index in [0.717, 1.165) is 5.56 Å². The molecule has 0 spiro atoms. The Bertz CT molecular complexity index is 1180. The molecule has 2 aromatic carbocycles. The van der Waals surface area contributed by atoms with Crippen molar-refractivity contribution in [1.82, 2.24) is 4.31 Å². The Hall–Kier alpha value is -2.35. The maximum absolute atomic E-state index is 12.8. The summed E-state index contributed by atoms with van der Waals surface area (Å²) in [5.41, 5.74) is 2.49. The number of amides is 1. The number of hydrogen-bond donors (Lipinski definition) is 1. The largest absolute Gasteiger partial charge is 0.451 e. The molecule has 0 atom stereocenters. The third-order valence-electron chi connectivity index (χ3n) is 4.89. The number of anilines is 1. The number of rotatable bonds is 6. The molecule has 29 heavy (non-hydrogen) atoms. The van der Waals surface area contributed by atoms with Crippen molar-refractivity contribution in [3.8, 4) is 0 Å². The van der Waals surface area contributed by atoms with Gasteiger partial charge in [-0.2, -0.15) is 4.31 Å². The second-order valence-electron chi connectivity index (χ2n) is 6.72. The molecule has 0 aliphatic rings. The number of hydrogen-bond acceptors (Lipinski definition) is 4. The number of nitrogens with zero attached hydrogens (tertiary/aromatic N) is 1. The first-order valence-corrected chi connectivity index (χ1v) is 11.1. The van der Waals surface area contributed by atoms with E-state index in [9.17, 15) is 13.2 Å². The van der Waals surface area contributed by atoms with E-state index in [-0.39, 0.29) is 10.7 Å². The van der Waals surface area contributed by atoms with Gasteiger partial charge in [-0.15, -0.1) is 0 Å². The average molecular weight is 435 g/mol. The van der Waals surface area contributed by atoms with Gasteiger partial charge in [-0.1, -0.05) is 31.5 Å². The fourth-order valence-corrected chi connectivity index (χ4v) is 4.81. The Balaban J connectivity index is 1.97. The molecule has 1 aromatic heterocycles. The summed E-state index contributed by atoms with van der Waals surface area (Å²) in [6.45, 7) is 7.96. The summed E-state index contributed by atoms with van der Waals surface area (Å²) >= 11 is 6.11. The van der Waals surface area contributed by atoms with Crippen LogP contribution in [-0.2, 0) is 10.0 Å². The zero-order valence-corrected chi connectivity index (χ0v) is 18.3. The fraction of sp³-hybridized carbons (Fsp3) is 0.286. The fourth-order valence-electron chi connectivity index (χ4n) is 3.15. The maximum atomic E-state index is 12.8. The van der Waals surface area contributed by atoms with E-state index in [1.807, 2.05) is 13.0 Å². The highest BCUT2D eigenvalue weighted by Gasteiger charge is 2.24. The lowest BCUT2D eigenvalue weighted by Gasteiger charge is -2.18. The highest BCUT2D eigenvalue weighted by molar-refractivity contribution is 7.89. The Morgan fingerprint density at radius 2 is 1.79 bits per heavy atom. The summed E-state index contributed by atoms with van der Waals surface area (Å²) in [5.74, 6) is -0.291. The van der Waals surface area contributed by atoms with Crippen LogP contribution >= 0.6 is 11.6 Å². The van der Waals surface area contributed by atoms with Crippen LogP contribution in [0.15, 0.2) is 45.7 Å². The first-order chi connectivity index (χ1) is 13.7. The van der Waals surface area contributed by atoms with Crippen molar-refractivity contribution >= 4 is 44.2 Å². The number of aryl methyl sites for hydroxylation is 2. The number of sulfonamides is 1. The van der Waals surface area contributed by atoms with Gasteiger partial charge in [0.05, 0.1) is 4.90 Å². The van der Waals surface area contributed by atoms with Crippen molar-refractivity contribution in [1.29, 1.82) is 0 Å². The Labute approximate surface area is 175 Å². The minimum atomic E-state index is -3.60. The van der Waals surface area contributed by atoms with Crippen LogP contribution in [0.1, 0.15) is 35.5 Å². The zero-order valence-electron chi connectivity index (χ0n) is 16.7. The van der Waals surface area contributed by atoms with Gasteiger partial charge in [0.25, 0.3) is 5.91 Å². The van der Waals surface area contributed by atoms with Crippen LogP contribution in [0.4, 0.5) is 5.69 Å². The number of carbonyl (C=O) groups excluding carboxylic acids is 1. The molecule has 3 aromatic rings. The number of nitrogens with one attached hydrogen (secondary N) is 1. The predicted molar refractivity (Wildman–Crippen MR) is 115 cm³/mol. The third-order valence-corrected chi connectivity index (χ3v) is 7.34. The normalized spacial score (nSPS) is 11.9. The van der Waals surface area contributed by atoms with Crippen LogP contribution in [0.3, 0.4) is 0 Å². The van der Waals surface area contributed by atoms with Crippen molar-refractivity contribution in [3.63, 3.8) is 0 Å². The maximum Gasteiger partial charge on any atom is 0.291 e. The van der Waals surface area contributed by atoms with E-state index in [2.05, 4.69) is 5.32 Å². The molecule has 0 aliphatic carbocycles. The predicted octanol–water partition coefficient (Wildman–Crippen LogP) is 4.99. The van der Waals surface area contributed by atoms with E-state index in [1.54, 1.807) is 45.0 Å². The highest BCUT2D eigenvalue weighted by atomic mass is 35.5. The molecule has 0 radical (unpaired) electrons. The number of fused-ring (bicyclic) bond motifs is 1. The summed E-state index contributed by atoms with van der Waals surface area (Å²) < 4.78 is 32.7. The van der Waals surface area contributed by atoms with Crippen molar-refractivity contribution in [2.75, 3.05) is 18.4 Å². The molecular formula is C21H23ClN2O4S. The van der Waals surface area contributed by atoms with Crippen molar-refractivity contribution < 1.29 is 17.6 Å². The quantitative estimate of drug-likeness (QED) is 0.592. The summed E-state index contributed by atoms with van der Waals surface area (Å²) in [6.07, 6.45) is 0.